The molecule has 27 heavy (non-hydrogen) atoms. The molecule has 0 saturated carbocycles. The van der Waals surface area contributed by atoms with E-state index in [-0.39, 0.29) is 36.4 Å². The molecular formula is C19H33IN4O3. The number of benzene rings is 1. The van der Waals surface area contributed by atoms with Crippen molar-refractivity contribution in [3.63, 3.8) is 0 Å². The summed E-state index contributed by atoms with van der Waals surface area (Å²) in [5.41, 5.74) is 1.02. The Labute approximate surface area is 179 Å². The topological polar surface area (TPSA) is 84.0 Å². The molecule has 0 bridgehead atoms. The Morgan fingerprint density at radius 3 is 2.44 bits per heavy atom. The van der Waals surface area contributed by atoms with Crippen molar-refractivity contribution < 1.29 is 14.3 Å². The zero-order chi connectivity index (χ0) is 19.2. The highest BCUT2D eigenvalue weighted by Gasteiger charge is 2.04. The number of amides is 1. The standard InChI is InChI=1S/C19H32N4O3.HI/c1-15(2)14-26-11-5-10-21-19(20-3)23-13-18(24)22-12-16-6-8-17(25-4)9-7-16;/h6-9,15H,5,10-14H2,1-4H3,(H,22,24)(H2,20,21,23);1H. The molecule has 0 aromatic heterocycles. The van der Waals surface area contributed by atoms with E-state index in [4.69, 9.17) is 9.47 Å². The maximum absolute atomic E-state index is 11.9. The van der Waals surface area contributed by atoms with E-state index in [0.29, 0.717) is 25.0 Å². The quantitative estimate of drug-likeness (QED) is 0.191. The van der Waals surface area contributed by atoms with Gasteiger partial charge in [0.05, 0.1) is 13.7 Å². The van der Waals surface area contributed by atoms with E-state index >= 15 is 0 Å². The number of halogens is 1. The summed E-state index contributed by atoms with van der Waals surface area (Å²) in [5.74, 6) is 1.86. The normalized spacial score (nSPS) is 10.9. The van der Waals surface area contributed by atoms with Gasteiger partial charge in [0.1, 0.15) is 5.75 Å². The zero-order valence-corrected chi connectivity index (χ0v) is 19.0. The average Bonchev–Trinajstić information content (AvgIpc) is 2.65. The molecular weight excluding hydrogens is 459 g/mol. The number of guanidine groups is 1. The summed E-state index contributed by atoms with van der Waals surface area (Å²) in [6.45, 7) is 7.13. The fraction of sp³-hybridized carbons (Fsp3) is 0.579. The maximum atomic E-state index is 11.9. The molecule has 0 aliphatic rings. The van der Waals surface area contributed by atoms with Crippen molar-refractivity contribution in [2.24, 2.45) is 10.9 Å². The summed E-state index contributed by atoms with van der Waals surface area (Å²) >= 11 is 0. The van der Waals surface area contributed by atoms with Gasteiger partial charge in [0.15, 0.2) is 5.96 Å². The SMILES string of the molecule is CN=C(NCCCOCC(C)C)NCC(=O)NCc1ccc(OC)cc1.I. The lowest BCUT2D eigenvalue weighted by Crippen LogP contribution is -2.43. The summed E-state index contributed by atoms with van der Waals surface area (Å²) in [4.78, 5) is 16.0. The lowest BCUT2D eigenvalue weighted by molar-refractivity contribution is -0.120. The van der Waals surface area contributed by atoms with Crippen molar-refractivity contribution in [3.8, 4) is 5.75 Å². The number of carbonyl (C=O) groups excluding carboxylic acids is 1. The van der Waals surface area contributed by atoms with Crippen LogP contribution in [0.3, 0.4) is 0 Å². The molecule has 0 aliphatic heterocycles. The number of ether oxygens (including phenoxy) is 2. The number of methoxy groups -OCH3 is 1. The van der Waals surface area contributed by atoms with Gasteiger partial charge in [0, 0.05) is 33.4 Å². The minimum atomic E-state index is -0.0935. The molecule has 0 saturated heterocycles. The lowest BCUT2D eigenvalue weighted by Gasteiger charge is -2.12. The molecule has 1 amide bonds. The van der Waals surface area contributed by atoms with Crippen LogP contribution in [0.2, 0.25) is 0 Å². The summed E-state index contributed by atoms with van der Waals surface area (Å²) < 4.78 is 10.6. The molecule has 0 radical (unpaired) electrons. The summed E-state index contributed by atoms with van der Waals surface area (Å²) in [6.07, 6.45) is 0.886. The predicted octanol–water partition coefficient (Wildman–Crippen LogP) is 2.16. The summed E-state index contributed by atoms with van der Waals surface area (Å²) in [5, 5.41) is 9.03. The number of aliphatic imine (C=N–C) groups is 1. The van der Waals surface area contributed by atoms with Gasteiger partial charge < -0.3 is 25.4 Å². The minimum absolute atomic E-state index is 0. The number of nitrogens with zero attached hydrogens (tertiary/aromatic N) is 1. The fourth-order valence-corrected chi connectivity index (χ4v) is 2.09. The van der Waals surface area contributed by atoms with Gasteiger partial charge in [0.25, 0.3) is 0 Å². The van der Waals surface area contributed by atoms with Gasteiger partial charge in [-0.15, -0.1) is 24.0 Å². The van der Waals surface area contributed by atoms with Gasteiger partial charge in [-0.25, -0.2) is 0 Å². The van der Waals surface area contributed by atoms with E-state index in [9.17, 15) is 4.79 Å². The third-order valence-corrected chi connectivity index (χ3v) is 3.50. The second-order valence-electron chi connectivity index (χ2n) is 6.30. The van der Waals surface area contributed by atoms with Crippen LogP contribution in [0.25, 0.3) is 0 Å². The molecule has 8 heteroatoms. The number of carbonyl (C=O) groups is 1. The van der Waals surface area contributed by atoms with E-state index in [2.05, 4.69) is 34.8 Å². The van der Waals surface area contributed by atoms with Crippen LogP contribution >= 0.6 is 24.0 Å². The predicted molar refractivity (Wildman–Crippen MR) is 120 cm³/mol. The Kier molecular flexibility index (Phi) is 14.6. The van der Waals surface area contributed by atoms with E-state index < -0.39 is 0 Å². The van der Waals surface area contributed by atoms with Crippen molar-refractivity contribution in [2.75, 3.05) is 40.5 Å². The Bertz CT molecular complexity index is 550. The smallest absolute Gasteiger partial charge is 0.239 e. The fourth-order valence-electron chi connectivity index (χ4n) is 2.09. The third-order valence-electron chi connectivity index (χ3n) is 3.50. The van der Waals surface area contributed by atoms with Gasteiger partial charge >= 0.3 is 0 Å². The first kappa shape index (κ1) is 25.4. The molecule has 154 valence electrons. The number of hydrogen-bond acceptors (Lipinski definition) is 4. The van der Waals surface area contributed by atoms with Crippen LogP contribution in [0.4, 0.5) is 0 Å². The van der Waals surface area contributed by atoms with Crippen molar-refractivity contribution in [1.82, 2.24) is 16.0 Å². The monoisotopic (exact) mass is 492 g/mol. The van der Waals surface area contributed by atoms with E-state index in [1.54, 1.807) is 14.2 Å². The lowest BCUT2D eigenvalue weighted by atomic mass is 10.2. The first-order valence-corrected chi connectivity index (χ1v) is 8.97. The molecule has 0 spiro atoms. The molecule has 7 nitrogen and oxygen atoms in total. The van der Waals surface area contributed by atoms with E-state index in [0.717, 1.165) is 30.9 Å². The van der Waals surface area contributed by atoms with Crippen LogP contribution in [-0.4, -0.2) is 52.3 Å². The number of rotatable bonds is 11. The molecule has 0 heterocycles. The van der Waals surface area contributed by atoms with Crippen molar-refractivity contribution >= 4 is 35.8 Å². The summed E-state index contributed by atoms with van der Waals surface area (Å²) in [6, 6.07) is 7.59. The first-order chi connectivity index (χ1) is 12.5. The number of nitrogens with one attached hydrogen (secondary N) is 3. The van der Waals surface area contributed by atoms with Crippen LogP contribution < -0.4 is 20.7 Å². The van der Waals surface area contributed by atoms with Crippen LogP contribution in [0.5, 0.6) is 5.75 Å². The molecule has 0 aliphatic carbocycles. The van der Waals surface area contributed by atoms with E-state index in [1.165, 1.54) is 0 Å². The van der Waals surface area contributed by atoms with E-state index in [1.807, 2.05) is 24.3 Å². The van der Waals surface area contributed by atoms with Crippen molar-refractivity contribution in [2.45, 2.75) is 26.8 Å². The third kappa shape index (κ3) is 12.5. The molecule has 0 fully saturated rings. The highest BCUT2D eigenvalue weighted by Crippen LogP contribution is 2.10. The Morgan fingerprint density at radius 2 is 1.85 bits per heavy atom. The largest absolute Gasteiger partial charge is 0.497 e. The van der Waals surface area contributed by atoms with Gasteiger partial charge in [-0.3, -0.25) is 9.79 Å². The highest BCUT2D eigenvalue weighted by atomic mass is 127. The van der Waals surface area contributed by atoms with Gasteiger partial charge in [-0.1, -0.05) is 26.0 Å². The van der Waals surface area contributed by atoms with Crippen LogP contribution in [-0.2, 0) is 16.1 Å². The second-order valence-corrected chi connectivity index (χ2v) is 6.30. The van der Waals surface area contributed by atoms with Gasteiger partial charge in [-0.05, 0) is 30.0 Å². The Morgan fingerprint density at radius 1 is 1.15 bits per heavy atom. The van der Waals surface area contributed by atoms with Crippen molar-refractivity contribution in [3.05, 3.63) is 29.8 Å². The molecule has 0 unspecified atom stereocenters. The maximum Gasteiger partial charge on any atom is 0.239 e. The average molecular weight is 492 g/mol. The van der Waals surface area contributed by atoms with Crippen molar-refractivity contribution in [1.29, 1.82) is 0 Å². The molecule has 1 aromatic rings. The molecule has 3 N–H and O–H groups in total. The minimum Gasteiger partial charge on any atom is -0.497 e. The Hall–Kier alpha value is -1.55. The second kappa shape index (κ2) is 15.5. The summed E-state index contributed by atoms with van der Waals surface area (Å²) in [7, 11) is 3.31. The number of hydrogen-bond donors (Lipinski definition) is 3. The first-order valence-electron chi connectivity index (χ1n) is 8.97. The van der Waals surface area contributed by atoms with Crippen LogP contribution in [0.1, 0.15) is 25.8 Å². The van der Waals surface area contributed by atoms with Gasteiger partial charge in [0.2, 0.25) is 5.91 Å². The highest BCUT2D eigenvalue weighted by molar-refractivity contribution is 14.0. The molecule has 1 rings (SSSR count). The van der Waals surface area contributed by atoms with Crippen LogP contribution in [0, 0.1) is 5.92 Å². The van der Waals surface area contributed by atoms with Crippen LogP contribution in [0.15, 0.2) is 29.3 Å². The Balaban J connectivity index is 0.00000676. The molecule has 0 atom stereocenters. The van der Waals surface area contributed by atoms with Gasteiger partial charge in [-0.2, -0.15) is 0 Å². The molecule has 1 aromatic carbocycles. The zero-order valence-electron chi connectivity index (χ0n) is 16.7.